The van der Waals surface area contributed by atoms with Crippen LogP contribution in [0.25, 0.3) is 39.3 Å². The number of nitrogens with zero attached hydrogens (tertiary/aromatic N) is 4. The van der Waals surface area contributed by atoms with Crippen molar-refractivity contribution in [2.45, 2.75) is 66.1 Å². The summed E-state index contributed by atoms with van der Waals surface area (Å²) < 4.78 is 29.1. The fourth-order valence-electron chi connectivity index (χ4n) is 5.97. The van der Waals surface area contributed by atoms with E-state index in [0.717, 1.165) is 39.9 Å². The minimum absolute atomic E-state index is 0.255. The lowest BCUT2D eigenvalue weighted by Gasteiger charge is -2.28. The van der Waals surface area contributed by atoms with Crippen LogP contribution in [0.5, 0.6) is 5.75 Å². The number of hydrogen-bond acceptors (Lipinski definition) is 6. The minimum atomic E-state index is -1.37. The highest BCUT2D eigenvalue weighted by molar-refractivity contribution is 5.83. The van der Waals surface area contributed by atoms with E-state index in [4.69, 9.17) is 19.6 Å². The number of aliphatic carboxylic acids is 1. The highest BCUT2D eigenvalue weighted by Gasteiger charge is 2.34. The minimum Gasteiger partial charge on any atom is -0.490 e. The number of aromatic nitrogens is 4. The number of rotatable bonds is 6. The molecule has 2 aromatic carbocycles. The Morgan fingerprint density at radius 3 is 2.55 bits per heavy atom. The van der Waals surface area contributed by atoms with Gasteiger partial charge in [-0.25, -0.2) is 18.7 Å². The number of benzene rings is 2. The van der Waals surface area contributed by atoms with E-state index in [0.29, 0.717) is 46.9 Å². The zero-order chi connectivity index (χ0) is 31.3. The average molecular weight is 595 g/mol. The van der Waals surface area contributed by atoms with E-state index in [-0.39, 0.29) is 5.75 Å². The summed E-state index contributed by atoms with van der Waals surface area (Å²) in [7, 11) is 0. The number of hydrogen-bond donors (Lipinski definition) is 1. The van der Waals surface area contributed by atoms with Crippen LogP contribution in [0.1, 0.15) is 61.4 Å². The molecule has 0 radical (unpaired) electrons. The number of pyridine rings is 1. The summed E-state index contributed by atoms with van der Waals surface area (Å²) in [6.45, 7) is 11.5. The van der Waals surface area contributed by atoms with Gasteiger partial charge in [-0.3, -0.25) is 4.98 Å². The second-order valence-corrected chi connectivity index (χ2v) is 12.2. The van der Waals surface area contributed by atoms with Gasteiger partial charge in [0.2, 0.25) is 0 Å². The van der Waals surface area contributed by atoms with E-state index in [1.165, 1.54) is 6.07 Å². The number of halogens is 1. The molecule has 9 heteroatoms. The van der Waals surface area contributed by atoms with Gasteiger partial charge in [0, 0.05) is 51.5 Å². The zero-order valence-corrected chi connectivity index (χ0v) is 25.7. The number of carbonyl (C=O) groups is 1. The van der Waals surface area contributed by atoms with Crippen molar-refractivity contribution >= 4 is 11.6 Å². The van der Waals surface area contributed by atoms with Gasteiger partial charge >= 0.3 is 5.97 Å². The Balaban J connectivity index is 1.63. The number of aryl methyl sites for hydroxylation is 2. The molecule has 1 aliphatic heterocycles. The van der Waals surface area contributed by atoms with Crippen LogP contribution in [-0.2, 0) is 16.0 Å². The predicted octanol–water partition coefficient (Wildman–Crippen LogP) is 7.46. The van der Waals surface area contributed by atoms with Crippen molar-refractivity contribution in [3.8, 4) is 39.4 Å². The molecule has 1 N–H and O–H groups in total. The van der Waals surface area contributed by atoms with Gasteiger partial charge in [0.05, 0.1) is 23.6 Å². The second kappa shape index (κ2) is 11.1. The highest BCUT2D eigenvalue weighted by atomic mass is 19.1. The summed E-state index contributed by atoms with van der Waals surface area (Å²) in [6.07, 6.45) is 1.81. The van der Waals surface area contributed by atoms with Crippen LogP contribution in [-0.4, -0.2) is 42.9 Å². The molecule has 0 aliphatic carbocycles. The summed E-state index contributed by atoms with van der Waals surface area (Å²) in [5.41, 5.74) is 7.46. The first-order valence-electron chi connectivity index (χ1n) is 14.7. The lowest BCUT2D eigenvalue weighted by molar-refractivity contribution is -0.160. The SMILES string of the molecule is Cc1ncccc1-c1cccc(-c2cc3nc(C)c(C(OC(C)(C)C)C(=O)O)c(-c4cc(F)c5c(c4C)CCCO5)n3n2)c1. The van der Waals surface area contributed by atoms with Crippen molar-refractivity contribution in [2.24, 2.45) is 0 Å². The smallest absolute Gasteiger partial charge is 0.337 e. The molecule has 0 fully saturated rings. The van der Waals surface area contributed by atoms with E-state index >= 15 is 4.39 Å². The summed E-state index contributed by atoms with van der Waals surface area (Å²) in [5.74, 6) is -1.41. The topological polar surface area (TPSA) is 98.8 Å². The summed E-state index contributed by atoms with van der Waals surface area (Å²) in [5, 5.41) is 15.4. The molecule has 0 spiro atoms. The van der Waals surface area contributed by atoms with E-state index < -0.39 is 23.5 Å². The molecule has 5 aromatic rings. The molecule has 226 valence electrons. The van der Waals surface area contributed by atoms with Crippen molar-refractivity contribution in [3.63, 3.8) is 0 Å². The van der Waals surface area contributed by atoms with Crippen LogP contribution in [0.15, 0.2) is 54.7 Å². The Bertz CT molecular complexity index is 1920. The molecule has 0 bridgehead atoms. The van der Waals surface area contributed by atoms with Crippen LogP contribution >= 0.6 is 0 Å². The van der Waals surface area contributed by atoms with Gasteiger partial charge in [0.1, 0.15) is 0 Å². The average Bonchev–Trinajstić information content (AvgIpc) is 3.41. The van der Waals surface area contributed by atoms with Crippen molar-refractivity contribution in [1.82, 2.24) is 19.6 Å². The standard InChI is InChI=1S/C35H35FN4O4/c1-19-24-13-9-15-43-32(24)27(36)17-26(19)31-30(33(34(41)42)44-35(4,5)6)21(3)38-29-18-28(39-40(29)31)23-11-7-10-22(16-23)25-12-8-14-37-20(25)2/h7-8,10-12,14,16-18,33H,9,13,15H2,1-6H3,(H,41,42). The van der Waals surface area contributed by atoms with Crippen LogP contribution < -0.4 is 4.74 Å². The monoisotopic (exact) mass is 594 g/mol. The van der Waals surface area contributed by atoms with Crippen LogP contribution in [0.4, 0.5) is 4.39 Å². The van der Waals surface area contributed by atoms with Gasteiger partial charge in [-0.1, -0.05) is 24.3 Å². The first-order chi connectivity index (χ1) is 20.9. The molecule has 8 nitrogen and oxygen atoms in total. The van der Waals surface area contributed by atoms with Crippen LogP contribution in [0.2, 0.25) is 0 Å². The maximum absolute atomic E-state index is 15.6. The Kier molecular flexibility index (Phi) is 7.45. The maximum Gasteiger partial charge on any atom is 0.337 e. The molecule has 0 amide bonds. The summed E-state index contributed by atoms with van der Waals surface area (Å²) >= 11 is 0. The largest absolute Gasteiger partial charge is 0.490 e. The quantitative estimate of drug-likeness (QED) is 0.218. The molecular weight excluding hydrogens is 559 g/mol. The molecule has 4 heterocycles. The van der Waals surface area contributed by atoms with Crippen molar-refractivity contribution in [2.75, 3.05) is 6.61 Å². The second-order valence-electron chi connectivity index (χ2n) is 12.2. The van der Waals surface area contributed by atoms with Gasteiger partial charge in [-0.15, -0.1) is 0 Å². The highest BCUT2D eigenvalue weighted by Crippen LogP contribution is 2.42. The molecule has 1 aliphatic rings. The zero-order valence-electron chi connectivity index (χ0n) is 25.7. The van der Waals surface area contributed by atoms with Gasteiger partial charge in [-0.05, 0) is 83.7 Å². The van der Waals surface area contributed by atoms with Crippen LogP contribution in [0, 0.1) is 26.6 Å². The summed E-state index contributed by atoms with van der Waals surface area (Å²) in [6, 6.07) is 15.2. The molecule has 0 saturated carbocycles. The van der Waals surface area contributed by atoms with Crippen molar-refractivity contribution in [1.29, 1.82) is 0 Å². The molecule has 1 unspecified atom stereocenters. The third-order valence-electron chi connectivity index (χ3n) is 7.96. The number of carboxylic acids is 1. The molecule has 44 heavy (non-hydrogen) atoms. The lowest BCUT2D eigenvalue weighted by Crippen LogP contribution is -2.29. The van der Waals surface area contributed by atoms with Gasteiger partial charge in [0.15, 0.2) is 23.3 Å². The Labute approximate surface area is 255 Å². The first-order valence-corrected chi connectivity index (χ1v) is 14.7. The predicted molar refractivity (Wildman–Crippen MR) is 166 cm³/mol. The molecule has 6 rings (SSSR count). The van der Waals surface area contributed by atoms with Gasteiger partial charge in [0.25, 0.3) is 0 Å². The molecular formula is C35H35FN4O4. The van der Waals surface area contributed by atoms with Gasteiger partial charge < -0.3 is 14.6 Å². The molecule has 3 aromatic heterocycles. The van der Waals surface area contributed by atoms with Crippen molar-refractivity contribution < 1.29 is 23.8 Å². The lowest BCUT2D eigenvalue weighted by atomic mass is 9.91. The fraction of sp³-hybridized carbons (Fsp3) is 0.314. The Morgan fingerprint density at radius 1 is 1.05 bits per heavy atom. The maximum atomic E-state index is 15.6. The first kappa shape index (κ1) is 29.4. The normalized spacial score (nSPS) is 13.9. The number of carboxylic acid groups (broad SMARTS) is 1. The van der Waals surface area contributed by atoms with E-state index in [1.807, 2.05) is 56.3 Å². The van der Waals surface area contributed by atoms with Gasteiger partial charge in [-0.2, -0.15) is 5.10 Å². The fourth-order valence-corrected chi connectivity index (χ4v) is 5.97. The third-order valence-corrected chi connectivity index (χ3v) is 7.96. The third kappa shape index (κ3) is 5.32. The molecule has 0 saturated heterocycles. The van der Waals surface area contributed by atoms with E-state index in [1.54, 1.807) is 38.4 Å². The van der Waals surface area contributed by atoms with E-state index in [9.17, 15) is 9.90 Å². The van der Waals surface area contributed by atoms with E-state index in [2.05, 4.69) is 4.98 Å². The Morgan fingerprint density at radius 2 is 1.82 bits per heavy atom. The number of fused-ring (bicyclic) bond motifs is 2. The molecule has 1 atom stereocenters. The number of ether oxygens (including phenoxy) is 2. The summed E-state index contributed by atoms with van der Waals surface area (Å²) in [4.78, 5) is 22.0. The van der Waals surface area contributed by atoms with Crippen LogP contribution in [0.3, 0.4) is 0 Å². The van der Waals surface area contributed by atoms with Crippen molar-refractivity contribution in [3.05, 3.63) is 88.6 Å². The Hall–Kier alpha value is -4.63.